The van der Waals surface area contributed by atoms with Crippen molar-refractivity contribution in [2.24, 2.45) is 5.73 Å². The van der Waals surface area contributed by atoms with Crippen LogP contribution in [0.2, 0.25) is 0 Å². The lowest BCUT2D eigenvalue weighted by Gasteiger charge is -2.02. The van der Waals surface area contributed by atoms with E-state index >= 15 is 0 Å². The molecule has 0 radical (unpaired) electrons. The van der Waals surface area contributed by atoms with Gasteiger partial charge < -0.3 is 5.73 Å². The first-order valence-corrected chi connectivity index (χ1v) is 1.26. The molecule has 2 N–H and O–H groups in total. The van der Waals surface area contributed by atoms with E-state index in [-0.39, 0.29) is 0 Å². The minimum absolute atomic E-state index is 1.11. The van der Waals surface area contributed by atoms with Crippen LogP contribution < -0.4 is 5.73 Å². The summed E-state index contributed by atoms with van der Waals surface area (Å²) in [4.78, 5) is 0. The maximum absolute atomic E-state index is 8.36. The van der Waals surface area contributed by atoms with Gasteiger partial charge >= 0.3 is 0 Å². The van der Waals surface area contributed by atoms with Crippen LogP contribution in [-0.4, -0.2) is 5.54 Å². The number of rotatable bonds is 0. The molecule has 0 aromatic heterocycles. The molecule has 0 bridgehead atoms. The number of nitrogens with zero attached hydrogens (tertiary/aromatic N) is 1. The maximum Gasteiger partial charge on any atom is 0.0981 e. The summed E-state index contributed by atoms with van der Waals surface area (Å²) < 4.78 is 40.6. The summed E-state index contributed by atoms with van der Waals surface area (Å²) in [7, 11) is 0. The fourth-order valence-electron chi connectivity index (χ4n) is 0. The molecule has 2 heteroatoms. The summed E-state index contributed by atoms with van der Waals surface area (Å²) in [6.07, 6.45) is 0. The Morgan fingerprint density at radius 1 is 2.00 bits per heavy atom. The van der Waals surface area contributed by atoms with Crippen molar-refractivity contribution in [1.82, 2.24) is 0 Å². The first-order valence-electron chi connectivity index (χ1n) is 4.26. The number of nitrogens with two attached hydrogens (primary N) is 1. The molecule has 0 aromatic rings. The van der Waals surface area contributed by atoms with Gasteiger partial charge in [-0.2, -0.15) is 5.26 Å². The summed E-state index contributed by atoms with van der Waals surface area (Å²) >= 11 is 0. The minimum Gasteiger partial charge on any atom is -0.314 e. The van der Waals surface area contributed by atoms with Gasteiger partial charge in [-0.25, -0.2) is 0 Å². The van der Waals surface area contributed by atoms with E-state index in [0.29, 0.717) is 0 Å². The van der Waals surface area contributed by atoms with E-state index in [1.807, 2.05) is 0 Å². The standard InChI is InChI=1S/C4H8N2/c1-4(2,6)3-5/h6H2,1-2H3/i1D3,2D3. The van der Waals surface area contributed by atoms with Crippen LogP contribution in [0.5, 0.6) is 0 Å². The highest BCUT2D eigenvalue weighted by Gasteiger charge is 2.04. The molecule has 0 aliphatic heterocycles. The van der Waals surface area contributed by atoms with E-state index in [0.717, 1.165) is 6.07 Å². The van der Waals surface area contributed by atoms with Crippen LogP contribution in [0.25, 0.3) is 0 Å². The normalized spacial score (nSPS) is 29.3. The Kier molecular flexibility index (Phi) is 0.210. The van der Waals surface area contributed by atoms with Crippen molar-refractivity contribution in [3.8, 4) is 6.07 Å². The van der Waals surface area contributed by atoms with Gasteiger partial charge in [0.05, 0.1) is 11.6 Å². The molecule has 0 unspecified atom stereocenters. The van der Waals surface area contributed by atoms with E-state index in [1.54, 1.807) is 0 Å². The average molecular weight is 90.2 g/mol. The summed E-state index contributed by atoms with van der Waals surface area (Å²) in [6.45, 7) is -6.01. The smallest absolute Gasteiger partial charge is 0.0981 e. The lowest BCUT2D eigenvalue weighted by molar-refractivity contribution is 0.670. The van der Waals surface area contributed by atoms with Crippen molar-refractivity contribution >= 4 is 0 Å². The third-order valence-electron chi connectivity index (χ3n) is 0.176. The van der Waals surface area contributed by atoms with Gasteiger partial charge in [0.2, 0.25) is 0 Å². The van der Waals surface area contributed by atoms with Crippen LogP contribution in [0.3, 0.4) is 0 Å². The van der Waals surface area contributed by atoms with Gasteiger partial charge in [0.25, 0.3) is 0 Å². The monoisotopic (exact) mass is 90.1 g/mol. The molecule has 0 saturated heterocycles. The van der Waals surface area contributed by atoms with Gasteiger partial charge in [0.1, 0.15) is 0 Å². The third kappa shape index (κ3) is 3.45. The quantitative estimate of drug-likeness (QED) is 0.463. The molecule has 2 nitrogen and oxygen atoms in total. The van der Waals surface area contributed by atoms with Crippen molar-refractivity contribution < 1.29 is 8.22 Å². The maximum atomic E-state index is 8.36. The van der Waals surface area contributed by atoms with E-state index in [1.165, 1.54) is 0 Å². The van der Waals surface area contributed by atoms with Crippen LogP contribution in [0, 0.1) is 11.3 Å². The third-order valence-corrected chi connectivity index (χ3v) is 0.176. The molecular weight excluding hydrogens is 76.1 g/mol. The van der Waals surface area contributed by atoms with Crippen molar-refractivity contribution in [2.45, 2.75) is 19.2 Å². The molecule has 0 aromatic carbocycles. The highest BCUT2D eigenvalue weighted by molar-refractivity contribution is 4.96. The van der Waals surface area contributed by atoms with E-state index in [9.17, 15) is 0 Å². The molecule has 0 atom stereocenters. The van der Waals surface area contributed by atoms with E-state index < -0.39 is 19.2 Å². The molecule has 6 heavy (non-hydrogen) atoms. The Morgan fingerprint density at radius 3 is 2.50 bits per heavy atom. The molecule has 0 saturated carbocycles. The predicted octanol–water partition coefficient (Wildman–Crippen LogP) is 0.247. The van der Waals surface area contributed by atoms with Gasteiger partial charge in [-0.05, 0) is 13.7 Å². The van der Waals surface area contributed by atoms with Crippen molar-refractivity contribution in [2.75, 3.05) is 0 Å². The van der Waals surface area contributed by atoms with E-state index in [2.05, 4.69) is 0 Å². The van der Waals surface area contributed by atoms with Gasteiger partial charge in [-0.15, -0.1) is 0 Å². The fraction of sp³-hybridized carbons (Fsp3) is 0.750. The topological polar surface area (TPSA) is 49.8 Å². The molecule has 0 heterocycles. The second kappa shape index (κ2) is 1.27. The van der Waals surface area contributed by atoms with Gasteiger partial charge in [-0.1, -0.05) is 0 Å². The molecule has 0 rings (SSSR count). The molecule has 34 valence electrons. The largest absolute Gasteiger partial charge is 0.314 e. The SMILES string of the molecule is [2H]C([2H])([2H])C(N)(C#N)C([2H])([2H])[2H]. The first-order chi connectivity index (χ1) is 5.06. The van der Waals surface area contributed by atoms with Gasteiger partial charge in [-0.3, -0.25) is 0 Å². The first kappa shape index (κ1) is 0.988. The van der Waals surface area contributed by atoms with Crippen molar-refractivity contribution in [3.63, 3.8) is 0 Å². The van der Waals surface area contributed by atoms with E-state index in [4.69, 9.17) is 19.2 Å². The number of hydrogen-bond acceptors (Lipinski definition) is 2. The Labute approximate surface area is 46.0 Å². The Bertz CT molecular complexity index is 193. The van der Waals surface area contributed by atoms with Gasteiger partial charge in [0, 0.05) is 8.22 Å². The zero-order valence-corrected chi connectivity index (χ0v) is 3.02. The van der Waals surface area contributed by atoms with Crippen LogP contribution in [0.4, 0.5) is 0 Å². The minimum atomic E-state index is -3.01. The summed E-state index contributed by atoms with van der Waals surface area (Å²) in [6, 6.07) is 1.11. The van der Waals surface area contributed by atoms with Crippen LogP contribution in [0.15, 0.2) is 0 Å². The highest BCUT2D eigenvalue weighted by atomic mass is 14.7. The summed E-state index contributed by atoms with van der Waals surface area (Å²) in [5.74, 6) is 0. The van der Waals surface area contributed by atoms with Crippen molar-refractivity contribution in [3.05, 3.63) is 0 Å². The van der Waals surface area contributed by atoms with Crippen LogP contribution in [-0.2, 0) is 0 Å². The Morgan fingerprint density at radius 2 is 2.50 bits per heavy atom. The second-order valence-electron chi connectivity index (χ2n) is 0.920. The Hall–Kier alpha value is -0.550. The molecular formula is C4H8N2. The molecule has 0 aliphatic carbocycles. The lowest BCUT2D eigenvalue weighted by Crippen LogP contribution is -2.28. The van der Waals surface area contributed by atoms with Crippen molar-refractivity contribution in [1.29, 1.82) is 5.26 Å². The zero-order chi connectivity index (χ0) is 10.2. The second-order valence-corrected chi connectivity index (χ2v) is 0.920. The van der Waals surface area contributed by atoms with Gasteiger partial charge in [0.15, 0.2) is 0 Å². The summed E-state index contributed by atoms with van der Waals surface area (Å²) in [5.41, 5.74) is 2.19. The number of nitriles is 1. The average Bonchev–Trinajstić information content (AvgIpc) is 1.81. The summed E-state index contributed by atoms with van der Waals surface area (Å²) in [5, 5.41) is 8.36. The predicted molar refractivity (Wildman–Crippen MR) is 23.9 cm³/mol. The Balaban J connectivity index is 5.14. The van der Waals surface area contributed by atoms with Crippen LogP contribution >= 0.6 is 0 Å². The van der Waals surface area contributed by atoms with Crippen LogP contribution in [0.1, 0.15) is 21.9 Å². The number of hydrogen-bond donors (Lipinski definition) is 1. The molecule has 0 fully saturated rings. The lowest BCUT2D eigenvalue weighted by atomic mass is 10.1. The molecule has 0 aliphatic rings. The zero-order valence-electron chi connectivity index (χ0n) is 9.02. The molecule has 0 spiro atoms. The molecule has 0 amide bonds. The highest BCUT2D eigenvalue weighted by Crippen LogP contribution is 1.88. The fourth-order valence-corrected chi connectivity index (χ4v) is 0.